The fourth-order valence-electron chi connectivity index (χ4n) is 4.69. The first-order valence-corrected chi connectivity index (χ1v) is 16.7. The summed E-state index contributed by atoms with van der Waals surface area (Å²) >= 11 is 0. The van der Waals surface area contributed by atoms with Crippen LogP contribution < -0.4 is 0 Å². The Morgan fingerprint density at radius 1 is 0.558 bits per heavy atom. The molecule has 0 spiro atoms. The summed E-state index contributed by atoms with van der Waals surface area (Å²) in [4.78, 5) is 8.67. The van der Waals surface area contributed by atoms with Gasteiger partial charge >= 0.3 is 26.2 Å². The number of aliphatic imine (C=N–C) groups is 2. The number of hydrogen-bond donors (Lipinski definition) is 2. The fraction of sp³-hybridized carbons (Fsp3) is 0.174. The normalized spacial score (nSPS) is 10.7. The molecule has 0 fully saturated rings. The Labute approximate surface area is 341 Å². The largest absolute Gasteiger partial charge is 2.00 e. The van der Waals surface area contributed by atoms with Gasteiger partial charge in [0.2, 0.25) is 0 Å². The molecule has 0 atom stereocenters. The monoisotopic (exact) mass is 808 g/mol. The first kappa shape index (κ1) is 45.7. The molecule has 52 heavy (non-hydrogen) atoms. The van der Waals surface area contributed by atoms with Crippen molar-refractivity contribution in [2.75, 3.05) is 0 Å². The molecule has 0 radical (unpaired) electrons. The number of rotatable bonds is 4. The van der Waals surface area contributed by atoms with Crippen LogP contribution in [0.2, 0.25) is 0 Å². The minimum atomic E-state index is -0.0752. The van der Waals surface area contributed by atoms with Crippen molar-refractivity contribution in [2.24, 2.45) is 9.98 Å². The third-order valence-corrected chi connectivity index (χ3v) is 7.43. The summed E-state index contributed by atoms with van der Waals surface area (Å²) in [7, 11) is 0. The average Bonchev–Trinajstić information content (AvgIpc) is 3.80. The van der Waals surface area contributed by atoms with Crippen molar-refractivity contribution in [1.29, 1.82) is 0 Å². The first-order valence-electron chi connectivity index (χ1n) is 16.7. The quantitative estimate of drug-likeness (QED) is 0.106. The van der Waals surface area contributed by atoms with E-state index in [2.05, 4.69) is 65.4 Å². The van der Waals surface area contributed by atoms with Gasteiger partial charge in [-0.05, 0) is 39.4 Å². The SMILES string of the molecule is CC(C)(C)c1cccc(C=N[c-]2[cH-][cH-][cH-][cH-]2)c1O.CC(C)(C)c1cccc(C=N[c-]2cccc2)c1O.[CH2-]c1ccccc1.[CH2-]c1ccccc1.[Fe].[Zr+2]. The van der Waals surface area contributed by atoms with Crippen LogP contribution in [0.3, 0.4) is 0 Å². The van der Waals surface area contributed by atoms with E-state index in [4.69, 9.17) is 0 Å². The fourth-order valence-corrected chi connectivity index (χ4v) is 4.69. The second kappa shape index (κ2) is 22.6. The predicted molar refractivity (Wildman–Crippen MR) is 214 cm³/mol. The van der Waals surface area contributed by atoms with E-state index in [-0.39, 0.29) is 54.1 Å². The number of nitrogens with zero attached hydrogens (tertiary/aromatic N) is 2. The molecule has 0 saturated heterocycles. The molecule has 6 rings (SSSR count). The number of benzene rings is 4. The molecular weight excluding hydrogens is 760 g/mol. The molecule has 0 heterocycles. The van der Waals surface area contributed by atoms with Crippen LogP contribution in [0.25, 0.3) is 0 Å². The van der Waals surface area contributed by atoms with Crippen molar-refractivity contribution in [3.8, 4) is 11.5 Å². The topological polar surface area (TPSA) is 65.2 Å². The van der Waals surface area contributed by atoms with E-state index in [0.717, 1.165) is 44.8 Å². The molecule has 6 aromatic carbocycles. The third kappa shape index (κ3) is 15.9. The predicted octanol–water partition coefficient (Wildman–Crippen LogP) is 12.1. The van der Waals surface area contributed by atoms with Crippen molar-refractivity contribution >= 4 is 23.8 Å². The zero-order valence-corrected chi connectivity index (χ0v) is 34.6. The first-order chi connectivity index (χ1) is 23.8. The molecule has 4 nitrogen and oxygen atoms in total. The van der Waals surface area contributed by atoms with E-state index < -0.39 is 0 Å². The summed E-state index contributed by atoms with van der Waals surface area (Å²) < 4.78 is 0. The molecule has 0 aliphatic heterocycles. The van der Waals surface area contributed by atoms with Crippen LogP contribution in [0.4, 0.5) is 11.4 Å². The molecule has 0 aromatic heterocycles. The molecule has 6 heteroatoms. The molecule has 0 aliphatic rings. The van der Waals surface area contributed by atoms with Crippen molar-refractivity contribution < 1.29 is 53.5 Å². The summed E-state index contributed by atoms with van der Waals surface area (Å²) in [5, 5.41) is 20.5. The van der Waals surface area contributed by atoms with Gasteiger partial charge < -0.3 is 50.2 Å². The number of hydrogen-bond acceptors (Lipinski definition) is 4. The van der Waals surface area contributed by atoms with Crippen molar-refractivity contribution in [3.05, 3.63) is 193 Å². The van der Waals surface area contributed by atoms with E-state index >= 15 is 0 Å². The van der Waals surface area contributed by atoms with Crippen molar-refractivity contribution in [2.45, 2.75) is 52.4 Å². The Bertz CT molecular complexity index is 1740. The molecule has 0 bridgehead atoms. The van der Waals surface area contributed by atoms with E-state index in [1.165, 1.54) is 0 Å². The van der Waals surface area contributed by atoms with Gasteiger partial charge in [0.15, 0.2) is 0 Å². The molecule has 2 N–H and O–H groups in total. The van der Waals surface area contributed by atoms with E-state index in [9.17, 15) is 10.2 Å². The maximum Gasteiger partial charge on any atom is 2.00 e. The summed E-state index contributed by atoms with van der Waals surface area (Å²) in [6.45, 7) is 19.9. The van der Waals surface area contributed by atoms with Gasteiger partial charge in [-0.25, -0.2) is 6.21 Å². The number of aromatic hydroxyl groups is 2. The van der Waals surface area contributed by atoms with Gasteiger partial charge in [-0.1, -0.05) is 95.6 Å². The Morgan fingerprint density at radius 2 is 0.942 bits per heavy atom. The van der Waals surface area contributed by atoms with Crippen molar-refractivity contribution in [1.82, 2.24) is 0 Å². The molecular formula is C46H50FeN2O2Zr-6. The van der Waals surface area contributed by atoms with E-state index in [1.807, 2.05) is 146 Å². The Balaban J connectivity index is 0.000000371. The van der Waals surface area contributed by atoms with Crippen LogP contribution in [0, 0.1) is 13.8 Å². The van der Waals surface area contributed by atoms with Crippen LogP contribution in [0.5, 0.6) is 11.5 Å². The van der Waals surface area contributed by atoms with Gasteiger partial charge in [0, 0.05) is 17.1 Å². The summed E-state index contributed by atoms with van der Waals surface area (Å²) in [5.41, 5.74) is 7.17. The standard InChI is InChI=1S/2C16H18NO.2C7H7.Fe.Zr/c2*1-16(2,3)14-10-6-7-12(15(14)18)11-17-13-8-4-5-9-13;2*1-7-5-3-2-4-6-7;;/h2*4-11,18H,1-3H3;2*2-6H,1H2;;/q-5;3*-1;;+2. The van der Waals surface area contributed by atoms with Crippen LogP contribution >= 0.6 is 0 Å². The van der Waals surface area contributed by atoms with Gasteiger partial charge in [-0.3, -0.25) is 0 Å². The third-order valence-electron chi connectivity index (χ3n) is 7.43. The zero-order valence-electron chi connectivity index (χ0n) is 31.1. The van der Waals surface area contributed by atoms with Gasteiger partial charge in [0.05, 0.1) is 0 Å². The van der Waals surface area contributed by atoms with Crippen LogP contribution in [0.15, 0.2) is 156 Å². The van der Waals surface area contributed by atoms with E-state index in [1.54, 1.807) is 12.4 Å². The summed E-state index contributed by atoms with van der Waals surface area (Å²) in [6, 6.07) is 46.8. The number of para-hydroxylation sites is 2. The molecule has 0 aliphatic carbocycles. The number of phenolic OH excluding ortho intramolecular Hbond substituents is 2. The second-order valence-electron chi connectivity index (χ2n) is 13.8. The molecule has 0 unspecified atom stereocenters. The van der Waals surface area contributed by atoms with Crippen LogP contribution in [-0.4, -0.2) is 22.6 Å². The minimum Gasteiger partial charge on any atom is -0.699 e. The van der Waals surface area contributed by atoms with Gasteiger partial charge in [0.1, 0.15) is 11.5 Å². The maximum absolute atomic E-state index is 10.3. The minimum absolute atomic E-state index is 0. The molecule has 274 valence electrons. The average molecular weight is 810 g/mol. The Morgan fingerprint density at radius 3 is 1.29 bits per heavy atom. The van der Waals surface area contributed by atoms with Gasteiger partial charge in [0.25, 0.3) is 0 Å². The van der Waals surface area contributed by atoms with Crippen molar-refractivity contribution in [3.63, 3.8) is 0 Å². The van der Waals surface area contributed by atoms with Crippen LogP contribution in [-0.2, 0) is 54.1 Å². The molecule has 0 saturated carbocycles. The van der Waals surface area contributed by atoms with E-state index in [0.29, 0.717) is 11.5 Å². The zero-order chi connectivity index (χ0) is 36.6. The second-order valence-corrected chi connectivity index (χ2v) is 13.8. The summed E-state index contributed by atoms with van der Waals surface area (Å²) in [5.74, 6) is 0.639. The van der Waals surface area contributed by atoms with Gasteiger partial charge in [-0.2, -0.15) is 61.4 Å². The summed E-state index contributed by atoms with van der Waals surface area (Å²) in [6.07, 6.45) is 3.42. The smallest absolute Gasteiger partial charge is 0.699 e. The Kier molecular flexibility index (Phi) is 19.8. The van der Waals surface area contributed by atoms with Gasteiger partial charge in [-0.15, -0.1) is 36.4 Å². The Hall–Kier alpha value is -4.34. The molecule has 6 aromatic rings. The van der Waals surface area contributed by atoms with Crippen LogP contribution in [0.1, 0.15) is 74.9 Å². The maximum atomic E-state index is 10.3. The molecule has 0 amide bonds. The number of phenols is 2.